The van der Waals surface area contributed by atoms with E-state index in [-0.39, 0.29) is 30.0 Å². The summed E-state index contributed by atoms with van der Waals surface area (Å²) in [5.41, 5.74) is 3.37. The molecule has 0 aliphatic carbocycles. The summed E-state index contributed by atoms with van der Waals surface area (Å²) in [4.78, 5) is 12.6. The SMILES string of the molecule is CC(C)c1c(C(=O)NCC2=CCNCC2)cnn1-c1ccc(F)cc1.Cl. The van der Waals surface area contributed by atoms with Gasteiger partial charge in [-0.2, -0.15) is 5.10 Å². The summed E-state index contributed by atoms with van der Waals surface area (Å²) in [5.74, 6) is -0.321. The van der Waals surface area contributed by atoms with Gasteiger partial charge in [-0.05, 0) is 43.1 Å². The van der Waals surface area contributed by atoms with Gasteiger partial charge in [0.25, 0.3) is 5.91 Å². The van der Waals surface area contributed by atoms with E-state index in [0.717, 1.165) is 30.9 Å². The van der Waals surface area contributed by atoms with Crippen LogP contribution in [0.25, 0.3) is 5.69 Å². The molecule has 0 fully saturated rings. The molecule has 0 saturated carbocycles. The zero-order valence-electron chi connectivity index (χ0n) is 15.0. The molecule has 0 atom stereocenters. The highest BCUT2D eigenvalue weighted by Crippen LogP contribution is 2.23. The number of nitrogens with zero attached hydrogens (tertiary/aromatic N) is 2. The lowest BCUT2D eigenvalue weighted by Crippen LogP contribution is -2.30. The number of benzene rings is 1. The van der Waals surface area contributed by atoms with Crippen molar-refractivity contribution in [3.05, 3.63) is 59.2 Å². The molecule has 0 bridgehead atoms. The molecule has 1 aromatic carbocycles. The molecule has 0 spiro atoms. The highest BCUT2D eigenvalue weighted by molar-refractivity contribution is 5.95. The van der Waals surface area contributed by atoms with Crippen molar-refractivity contribution in [1.29, 1.82) is 0 Å². The highest BCUT2D eigenvalue weighted by Gasteiger charge is 2.21. The number of hydrogen-bond donors (Lipinski definition) is 2. The van der Waals surface area contributed by atoms with E-state index >= 15 is 0 Å². The number of aromatic nitrogens is 2. The van der Waals surface area contributed by atoms with Crippen LogP contribution in [0.5, 0.6) is 0 Å². The Morgan fingerprint density at radius 1 is 1.35 bits per heavy atom. The fourth-order valence-electron chi connectivity index (χ4n) is 3.00. The Morgan fingerprint density at radius 3 is 2.69 bits per heavy atom. The third kappa shape index (κ3) is 4.51. The van der Waals surface area contributed by atoms with Crippen LogP contribution in [-0.2, 0) is 0 Å². The minimum Gasteiger partial charge on any atom is -0.348 e. The monoisotopic (exact) mass is 378 g/mol. The molecule has 0 saturated heterocycles. The molecule has 1 aliphatic heterocycles. The van der Waals surface area contributed by atoms with Gasteiger partial charge in [0.15, 0.2) is 0 Å². The molecular weight excluding hydrogens is 355 g/mol. The topological polar surface area (TPSA) is 59.0 Å². The first-order chi connectivity index (χ1) is 12.1. The van der Waals surface area contributed by atoms with E-state index in [0.29, 0.717) is 12.1 Å². The quantitative estimate of drug-likeness (QED) is 0.785. The molecule has 26 heavy (non-hydrogen) atoms. The Bertz CT molecular complexity index is 783. The van der Waals surface area contributed by atoms with E-state index in [1.165, 1.54) is 17.7 Å². The van der Waals surface area contributed by atoms with Crippen LogP contribution in [0.2, 0.25) is 0 Å². The average Bonchev–Trinajstić information content (AvgIpc) is 3.06. The van der Waals surface area contributed by atoms with Gasteiger partial charge in [-0.3, -0.25) is 4.79 Å². The Kier molecular flexibility index (Phi) is 6.94. The maximum absolute atomic E-state index is 13.2. The lowest BCUT2D eigenvalue weighted by atomic mass is 10.0. The van der Waals surface area contributed by atoms with Gasteiger partial charge in [0, 0.05) is 13.1 Å². The number of rotatable bonds is 5. The fourth-order valence-corrected chi connectivity index (χ4v) is 3.00. The van der Waals surface area contributed by atoms with Crippen LogP contribution in [0.4, 0.5) is 4.39 Å². The molecule has 2 N–H and O–H groups in total. The molecule has 1 aromatic heterocycles. The molecule has 3 rings (SSSR count). The number of halogens is 2. The van der Waals surface area contributed by atoms with Gasteiger partial charge in [0.1, 0.15) is 5.82 Å². The van der Waals surface area contributed by atoms with Crippen LogP contribution in [0.15, 0.2) is 42.1 Å². The van der Waals surface area contributed by atoms with E-state index < -0.39 is 0 Å². The fraction of sp³-hybridized carbons (Fsp3) is 0.368. The molecule has 5 nitrogen and oxygen atoms in total. The molecule has 7 heteroatoms. The van der Waals surface area contributed by atoms with Gasteiger partial charge in [0.2, 0.25) is 0 Å². The number of nitrogens with one attached hydrogen (secondary N) is 2. The molecular formula is C19H24ClFN4O. The predicted octanol–water partition coefficient (Wildman–Crippen LogP) is 3.21. The van der Waals surface area contributed by atoms with Crippen molar-refractivity contribution in [3.63, 3.8) is 0 Å². The van der Waals surface area contributed by atoms with E-state index in [2.05, 4.69) is 21.8 Å². The third-order valence-corrected chi connectivity index (χ3v) is 4.30. The largest absolute Gasteiger partial charge is 0.348 e. The van der Waals surface area contributed by atoms with Crippen molar-refractivity contribution in [2.24, 2.45) is 0 Å². The summed E-state index contributed by atoms with van der Waals surface area (Å²) in [7, 11) is 0. The summed E-state index contributed by atoms with van der Waals surface area (Å²) in [6.45, 7) is 6.39. The summed E-state index contributed by atoms with van der Waals surface area (Å²) < 4.78 is 14.9. The normalized spacial score (nSPS) is 13.9. The van der Waals surface area contributed by atoms with Gasteiger partial charge in [-0.15, -0.1) is 12.4 Å². The zero-order chi connectivity index (χ0) is 17.8. The van der Waals surface area contributed by atoms with Crippen molar-refractivity contribution < 1.29 is 9.18 Å². The Hall–Kier alpha value is -2.18. The number of carbonyl (C=O) groups is 1. The smallest absolute Gasteiger partial charge is 0.255 e. The third-order valence-electron chi connectivity index (χ3n) is 4.30. The van der Waals surface area contributed by atoms with Crippen LogP contribution in [0, 0.1) is 5.82 Å². The van der Waals surface area contributed by atoms with Crippen LogP contribution in [0.1, 0.15) is 42.2 Å². The van der Waals surface area contributed by atoms with E-state index in [4.69, 9.17) is 0 Å². The highest BCUT2D eigenvalue weighted by atomic mass is 35.5. The second-order valence-electron chi connectivity index (χ2n) is 6.49. The molecule has 2 aromatic rings. The first-order valence-corrected chi connectivity index (χ1v) is 8.57. The maximum atomic E-state index is 13.2. The van der Waals surface area contributed by atoms with Crippen LogP contribution in [-0.4, -0.2) is 35.3 Å². The van der Waals surface area contributed by atoms with Crippen molar-refractivity contribution in [1.82, 2.24) is 20.4 Å². The van der Waals surface area contributed by atoms with E-state index in [1.807, 2.05) is 13.8 Å². The van der Waals surface area contributed by atoms with E-state index in [9.17, 15) is 9.18 Å². The second kappa shape index (κ2) is 8.96. The Morgan fingerprint density at radius 2 is 2.08 bits per heavy atom. The lowest BCUT2D eigenvalue weighted by molar-refractivity contribution is 0.0955. The molecule has 0 unspecified atom stereocenters. The molecule has 140 valence electrons. The minimum atomic E-state index is -0.296. The van der Waals surface area contributed by atoms with Gasteiger partial charge < -0.3 is 10.6 Å². The molecule has 1 aliphatic rings. The van der Waals surface area contributed by atoms with Crippen LogP contribution in [0.3, 0.4) is 0 Å². The second-order valence-corrected chi connectivity index (χ2v) is 6.49. The maximum Gasteiger partial charge on any atom is 0.255 e. The summed E-state index contributed by atoms with van der Waals surface area (Å²) in [6.07, 6.45) is 4.66. The van der Waals surface area contributed by atoms with Crippen molar-refractivity contribution >= 4 is 18.3 Å². The Balaban J connectivity index is 0.00000243. The zero-order valence-corrected chi connectivity index (χ0v) is 15.8. The van der Waals surface area contributed by atoms with Gasteiger partial charge in [-0.1, -0.05) is 25.5 Å². The van der Waals surface area contributed by atoms with Crippen molar-refractivity contribution in [2.75, 3.05) is 19.6 Å². The molecule has 0 radical (unpaired) electrons. The molecule has 1 amide bonds. The van der Waals surface area contributed by atoms with Crippen LogP contribution < -0.4 is 10.6 Å². The number of hydrogen-bond acceptors (Lipinski definition) is 3. The summed E-state index contributed by atoms with van der Waals surface area (Å²) in [6, 6.07) is 6.11. The van der Waals surface area contributed by atoms with Crippen LogP contribution >= 0.6 is 12.4 Å². The minimum absolute atomic E-state index is 0. The van der Waals surface area contributed by atoms with Gasteiger partial charge in [0.05, 0.1) is 23.1 Å². The van der Waals surface area contributed by atoms with Gasteiger partial charge >= 0.3 is 0 Å². The van der Waals surface area contributed by atoms with Crippen molar-refractivity contribution in [2.45, 2.75) is 26.2 Å². The number of carbonyl (C=O) groups excluding carboxylic acids is 1. The summed E-state index contributed by atoms with van der Waals surface area (Å²) >= 11 is 0. The van der Waals surface area contributed by atoms with E-state index in [1.54, 1.807) is 23.0 Å². The first kappa shape index (κ1) is 20.1. The van der Waals surface area contributed by atoms with Gasteiger partial charge in [-0.25, -0.2) is 9.07 Å². The Labute approximate surface area is 159 Å². The van der Waals surface area contributed by atoms with Crippen molar-refractivity contribution in [3.8, 4) is 5.69 Å². The summed E-state index contributed by atoms with van der Waals surface area (Å²) in [5, 5.41) is 10.6. The average molecular weight is 379 g/mol. The first-order valence-electron chi connectivity index (χ1n) is 8.57. The predicted molar refractivity (Wildman–Crippen MR) is 103 cm³/mol. The number of amides is 1. The standard InChI is InChI=1S/C19H23FN4O.ClH/c1-13(2)18-17(19(25)22-11-14-7-9-21-10-8-14)12-23-24(18)16-5-3-15(20)4-6-16;/h3-7,12-13,21H,8-11H2,1-2H3,(H,22,25);1H. The molecule has 2 heterocycles. The lowest BCUT2D eigenvalue weighted by Gasteiger charge is -2.16.